The van der Waals surface area contributed by atoms with E-state index in [9.17, 15) is 8.42 Å². The van der Waals surface area contributed by atoms with E-state index < -0.39 is 15.4 Å². The van der Waals surface area contributed by atoms with Crippen LogP contribution < -0.4 is 5.73 Å². The van der Waals surface area contributed by atoms with E-state index in [1.165, 1.54) is 0 Å². The molecule has 0 fully saturated rings. The van der Waals surface area contributed by atoms with E-state index in [0.29, 0.717) is 5.92 Å². The first-order valence-corrected chi connectivity index (χ1v) is 6.44. The zero-order valence-corrected chi connectivity index (χ0v) is 9.82. The van der Waals surface area contributed by atoms with Gasteiger partial charge in [0.15, 0.2) is 9.84 Å². The summed E-state index contributed by atoms with van der Waals surface area (Å²) in [5, 5.41) is 0. The molecule has 13 heavy (non-hydrogen) atoms. The molecule has 0 aliphatic rings. The summed E-state index contributed by atoms with van der Waals surface area (Å²) in [6.07, 6.45) is 0.721. The monoisotopic (exact) mass is 207 g/mol. The summed E-state index contributed by atoms with van der Waals surface area (Å²) in [6.45, 7) is 7.51. The van der Waals surface area contributed by atoms with E-state index in [1.54, 1.807) is 13.8 Å². The lowest BCUT2D eigenvalue weighted by molar-refractivity contribution is 0.535. The average Bonchev–Trinajstić information content (AvgIpc) is 1.78. The van der Waals surface area contributed by atoms with Crippen LogP contribution in [0.5, 0.6) is 0 Å². The molecule has 0 rings (SSSR count). The Balaban J connectivity index is 4.11. The first-order chi connectivity index (χ1) is 5.62. The van der Waals surface area contributed by atoms with Crippen LogP contribution in [0, 0.1) is 5.92 Å². The topological polar surface area (TPSA) is 60.2 Å². The molecule has 0 aromatic heterocycles. The van der Waals surface area contributed by atoms with Crippen LogP contribution in [-0.4, -0.2) is 25.5 Å². The number of hydrogen-bond acceptors (Lipinski definition) is 3. The van der Waals surface area contributed by atoms with Crippen LogP contribution in [0.25, 0.3) is 0 Å². The average molecular weight is 207 g/mol. The van der Waals surface area contributed by atoms with Crippen molar-refractivity contribution in [3.05, 3.63) is 0 Å². The lowest BCUT2D eigenvalue weighted by atomic mass is 10.1. The summed E-state index contributed by atoms with van der Waals surface area (Å²) in [6, 6.07) is 0. The van der Waals surface area contributed by atoms with E-state index in [0.717, 1.165) is 6.42 Å². The van der Waals surface area contributed by atoms with Gasteiger partial charge in [-0.25, -0.2) is 8.42 Å². The first kappa shape index (κ1) is 12.9. The highest BCUT2D eigenvalue weighted by Gasteiger charge is 2.21. The molecule has 2 N–H and O–H groups in total. The summed E-state index contributed by atoms with van der Waals surface area (Å²) in [4.78, 5) is 0. The minimum Gasteiger partial charge on any atom is -0.325 e. The largest absolute Gasteiger partial charge is 0.325 e. The van der Waals surface area contributed by atoms with Gasteiger partial charge in [-0.15, -0.1) is 0 Å². The van der Waals surface area contributed by atoms with Crippen molar-refractivity contribution >= 4 is 9.84 Å². The van der Waals surface area contributed by atoms with Gasteiger partial charge in [-0.3, -0.25) is 0 Å². The van der Waals surface area contributed by atoms with Crippen molar-refractivity contribution in [1.82, 2.24) is 0 Å². The van der Waals surface area contributed by atoms with E-state index in [1.807, 2.05) is 13.8 Å². The molecule has 3 nitrogen and oxygen atoms in total. The highest BCUT2D eigenvalue weighted by Crippen LogP contribution is 2.08. The van der Waals surface area contributed by atoms with Crippen LogP contribution in [0.3, 0.4) is 0 Å². The number of nitrogens with two attached hydrogens (primary N) is 1. The molecular formula is C9H21NO2S. The van der Waals surface area contributed by atoms with E-state index in [-0.39, 0.29) is 11.5 Å². The van der Waals surface area contributed by atoms with Gasteiger partial charge in [0, 0.05) is 5.54 Å². The molecule has 4 heteroatoms. The molecule has 0 saturated heterocycles. The number of hydrogen-bond donors (Lipinski definition) is 1. The second-order valence-corrected chi connectivity index (χ2v) is 6.95. The molecule has 0 spiro atoms. The molecule has 0 heterocycles. The summed E-state index contributed by atoms with van der Waals surface area (Å²) < 4.78 is 22.9. The smallest absolute Gasteiger partial charge is 0.152 e. The van der Waals surface area contributed by atoms with Gasteiger partial charge in [-0.05, 0) is 26.2 Å². The van der Waals surface area contributed by atoms with Gasteiger partial charge in [-0.1, -0.05) is 13.8 Å². The molecule has 0 aromatic carbocycles. The van der Waals surface area contributed by atoms with Gasteiger partial charge in [0.1, 0.15) is 0 Å². The molecule has 0 unspecified atom stereocenters. The Morgan fingerprint density at radius 3 is 2.08 bits per heavy atom. The van der Waals surface area contributed by atoms with Gasteiger partial charge in [0.05, 0.1) is 11.5 Å². The van der Waals surface area contributed by atoms with Crippen LogP contribution in [0.4, 0.5) is 0 Å². The van der Waals surface area contributed by atoms with Gasteiger partial charge in [0.2, 0.25) is 0 Å². The van der Waals surface area contributed by atoms with Gasteiger partial charge in [-0.2, -0.15) is 0 Å². The Kier molecular flexibility index (Phi) is 4.39. The van der Waals surface area contributed by atoms with Crippen LogP contribution in [0.2, 0.25) is 0 Å². The third kappa shape index (κ3) is 8.25. The van der Waals surface area contributed by atoms with E-state index >= 15 is 0 Å². The molecule has 0 aromatic rings. The number of sulfone groups is 1. The number of rotatable bonds is 5. The van der Waals surface area contributed by atoms with Gasteiger partial charge >= 0.3 is 0 Å². The first-order valence-electron chi connectivity index (χ1n) is 4.62. The third-order valence-corrected chi connectivity index (χ3v) is 3.64. The molecule has 0 aliphatic carbocycles. The Bertz CT molecular complexity index is 237. The lowest BCUT2D eigenvalue weighted by Crippen LogP contribution is -2.40. The molecular weight excluding hydrogens is 186 g/mol. The lowest BCUT2D eigenvalue weighted by Gasteiger charge is -2.18. The zero-order valence-electron chi connectivity index (χ0n) is 9.00. The minimum atomic E-state index is -2.96. The fourth-order valence-electron chi connectivity index (χ4n) is 1.05. The SMILES string of the molecule is CC(C)CCS(=O)(=O)CC(C)(C)N. The summed E-state index contributed by atoms with van der Waals surface area (Å²) in [5.41, 5.74) is 5.03. The molecule has 0 radical (unpaired) electrons. The Morgan fingerprint density at radius 2 is 1.77 bits per heavy atom. The van der Waals surface area contributed by atoms with E-state index in [2.05, 4.69) is 0 Å². The Morgan fingerprint density at radius 1 is 1.31 bits per heavy atom. The van der Waals surface area contributed by atoms with Crippen LogP contribution in [-0.2, 0) is 9.84 Å². The van der Waals surface area contributed by atoms with Gasteiger partial charge in [0.25, 0.3) is 0 Å². The molecule has 0 aliphatic heterocycles. The zero-order chi connectivity index (χ0) is 10.7. The predicted molar refractivity (Wildman–Crippen MR) is 56.4 cm³/mol. The Labute approximate surface area is 81.6 Å². The van der Waals surface area contributed by atoms with Crippen LogP contribution in [0.1, 0.15) is 34.1 Å². The summed E-state index contributed by atoms with van der Waals surface area (Å²) >= 11 is 0. The second-order valence-electron chi connectivity index (χ2n) is 4.76. The summed E-state index contributed by atoms with van der Waals surface area (Å²) in [7, 11) is -2.96. The standard InChI is InChI=1S/C9H21NO2S/c1-8(2)5-6-13(11,12)7-9(3,4)10/h8H,5-7,10H2,1-4H3. The van der Waals surface area contributed by atoms with Crippen molar-refractivity contribution in [2.24, 2.45) is 11.7 Å². The molecule has 0 bridgehead atoms. The maximum atomic E-state index is 11.5. The van der Waals surface area contributed by atoms with Gasteiger partial charge < -0.3 is 5.73 Å². The normalized spacial score (nSPS) is 13.7. The second kappa shape index (κ2) is 4.42. The van der Waals surface area contributed by atoms with Crippen molar-refractivity contribution in [2.75, 3.05) is 11.5 Å². The maximum Gasteiger partial charge on any atom is 0.152 e. The van der Waals surface area contributed by atoms with Crippen LogP contribution >= 0.6 is 0 Å². The van der Waals surface area contributed by atoms with Crippen molar-refractivity contribution in [2.45, 2.75) is 39.7 Å². The molecule has 80 valence electrons. The van der Waals surface area contributed by atoms with E-state index in [4.69, 9.17) is 5.73 Å². The molecule has 0 amide bonds. The Hall–Kier alpha value is -0.0900. The quantitative estimate of drug-likeness (QED) is 0.736. The molecule has 0 saturated carbocycles. The van der Waals surface area contributed by atoms with Crippen molar-refractivity contribution in [3.8, 4) is 0 Å². The summed E-state index contributed by atoms with van der Waals surface area (Å²) in [5.74, 6) is 0.758. The highest BCUT2D eigenvalue weighted by molar-refractivity contribution is 7.91. The predicted octanol–water partition coefficient (Wildman–Crippen LogP) is 1.18. The van der Waals surface area contributed by atoms with Crippen LogP contribution in [0.15, 0.2) is 0 Å². The van der Waals surface area contributed by atoms with Crippen molar-refractivity contribution in [3.63, 3.8) is 0 Å². The minimum absolute atomic E-state index is 0.0761. The third-order valence-electron chi connectivity index (χ3n) is 1.60. The maximum absolute atomic E-state index is 11.5. The molecule has 0 atom stereocenters. The van der Waals surface area contributed by atoms with Crippen molar-refractivity contribution in [1.29, 1.82) is 0 Å². The fourth-order valence-corrected chi connectivity index (χ4v) is 3.16. The highest BCUT2D eigenvalue weighted by atomic mass is 32.2. The van der Waals surface area contributed by atoms with Crippen molar-refractivity contribution < 1.29 is 8.42 Å². The fraction of sp³-hybridized carbons (Fsp3) is 1.00.